The van der Waals surface area contributed by atoms with E-state index in [0.29, 0.717) is 23.9 Å². The first-order valence-corrected chi connectivity index (χ1v) is 10.3. The second kappa shape index (κ2) is 11.1. The average molecular weight is 468 g/mol. The molecule has 0 heterocycles. The molecule has 1 atom stereocenters. The van der Waals surface area contributed by atoms with E-state index in [9.17, 15) is 9.59 Å². The number of hydrogen-bond acceptors (Lipinski definition) is 3. The Morgan fingerprint density at radius 2 is 1.86 bits per heavy atom. The van der Waals surface area contributed by atoms with E-state index in [-0.39, 0.29) is 18.4 Å². The maximum Gasteiger partial charge on any atom is 0.261 e. The van der Waals surface area contributed by atoms with Crippen LogP contribution >= 0.6 is 27.5 Å². The van der Waals surface area contributed by atoms with Gasteiger partial charge in [0, 0.05) is 17.6 Å². The predicted octanol–water partition coefficient (Wildman–Crippen LogP) is 4.42. The van der Waals surface area contributed by atoms with Crippen molar-refractivity contribution in [2.24, 2.45) is 0 Å². The number of nitrogens with one attached hydrogen (secondary N) is 1. The van der Waals surface area contributed by atoms with Gasteiger partial charge in [0.1, 0.15) is 11.8 Å². The summed E-state index contributed by atoms with van der Waals surface area (Å²) in [7, 11) is 0. The molecule has 0 aliphatic rings. The molecule has 0 fully saturated rings. The molecular formula is C21H24BrClN2O3. The highest BCUT2D eigenvalue weighted by atomic mass is 79.9. The van der Waals surface area contributed by atoms with Gasteiger partial charge < -0.3 is 15.0 Å². The van der Waals surface area contributed by atoms with E-state index in [1.807, 2.05) is 31.2 Å². The molecule has 150 valence electrons. The van der Waals surface area contributed by atoms with Crippen LogP contribution in [0.1, 0.15) is 25.8 Å². The fourth-order valence-corrected chi connectivity index (χ4v) is 3.00. The minimum Gasteiger partial charge on any atom is -0.482 e. The van der Waals surface area contributed by atoms with Crippen LogP contribution in [0, 0.1) is 0 Å². The molecule has 0 aliphatic carbocycles. The van der Waals surface area contributed by atoms with Crippen LogP contribution in [0.15, 0.2) is 53.0 Å². The van der Waals surface area contributed by atoms with E-state index < -0.39 is 6.04 Å². The summed E-state index contributed by atoms with van der Waals surface area (Å²) in [5, 5.41) is 3.28. The van der Waals surface area contributed by atoms with E-state index in [4.69, 9.17) is 16.3 Å². The number of hydrogen-bond donors (Lipinski definition) is 1. The largest absolute Gasteiger partial charge is 0.482 e. The average Bonchev–Trinajstić information content (AvgIpc) is 2.70. The molecule has 5 nitrogen and oxygen atoms in total. The zero-order chi connectivity index (χ0) is 20.5. The van der Waals surface area contributed by atoms with E-state index in [2.05, 4.69) is 21.2 Å². The van der Waals surface area contributed by atoms with Gasteiger partial charge in [-0.3, -0.25) is 9.59 Å². The third-order valence-electron chi connectivity index (χ3n) is 4.17. The first-order chi connectivity index (χ1) is 13.4. The molecule has 0 bridgehead atoms. The highest BCUT2D eigenvalue weighted by Crippen LogP contribution is 2.23. The SMILES string of the molecule is CCCNC(=O)C(C)N(Cc1ccc(Br)cc1)C(=O)COc1ccccc1Cl. The van der Waals surface area contributed by atoms with E-state index in [1.165, 1.54) is 4.90 Å². The van der Waals surface area contributed by atoms with Crippen molar-refractivity contribution in [1.82, 2.24) is 10.2 Å². The van der Waals surface area contributed by atoms with Crippen LogP contribution in [0.25, 0.3) is 0 Å². The van der Waals surface area contributed by atoms with E-state index in [0.717, 1.165) is 16.5 Å². The van der Waals surface area contributed by atoms with E-state index in [1.54, 1.807) is 31.2 Å². The lowest BCUT2D eigenvalue weighted by molar-refractivity contribution is -0.142. The summed E-state index contributed by atoms with van der Waals surface area (Å²) in [6.07, 6.45) is 0.828. The monoisotopic (exact) mass is 466 g/mol. The van der Waals surface area contributed by atoms with Gasteiger partial charge in [0.15, 0.2) is 6.61 Å². The molecule has 0 radical (unpaired) electrons. The van der Waals surface area contributed by atoms with Crippen LogP contribution in [0.3, 0.4) is 0 Å². The van der Waals surface area contributed by atoms with Gasteiger partial charge in [0.05, 0.1) is 5.02 Å². The Morgan fingerprint density at radius 1 is 1.18 bits per heavy atom. The number of carbonyl (C=O) groups is 2. The molecule has 0 aliphatic heterocycles. The van der Waals surface area contributed by atoms with Crippen molar-refractivity contribution in [2.45, 2.75) is 32.9 Å². The van der Waals surface area contributed by atoms with Crippen molar-refractivity contribution in [1.29, 1.82) is 0 Å². The molecule has 2 aromatic rings. The van der Waals surface area contributed by atoms with Crippen molar-refractivity contribution < 1.29 is 14.3 Å². The molecule has 0 spiro atoms. The quantitative estimate of drug-likeness (QED) is 0.594. The molecule has 1 N–H and O–H groups in total. The summed E-state index contributed by atoms with van der Waals surface area (Å²) < 4.78 is 6.53. The van der Waals surface area contributed by atoms with Crippen molar-refractivity contribution >= 4 is 39.3 Å². The van der Waals surface area contributed by atoms with Crippen LogP contribution in [0.2, 0.25) is 5.02 Å². The molecule has 0 aromatic heterocycles. The first-order valence-electron chi connectivity index (χ1n) is 9.11. The molecule has 0 saturated carbocycles. The third-order valence-corrected chi connectivity index (χ3v) is 5.01. The summed E-state index contributed by atoms with van der Waals surface area (Å²) in [6, 6.07) is 14.0. The predicted molar refractivity (Wildman–Crippen MR) is 114 cm³/mol. The zero-order valence-electron chi connectivity index (χ0n) is 16.0. The van der Waals surface area contributed by atoms with Gasteiger partial charge in [0.25, 0.3) is 5.91 Å². The van der Waals surface area contributed by atoms with Gasteiger partial charge in [-0.15, -0.1) is 0 Å². The maximum absolute atomic E-state index is 12.9. The second-order valence-electron chi connectivity index (χ2n) is 6.33. The molecule has 1 unspecified atom stereocenters. The number of rotatable bonds is 9. The van der Waals surface area contributed by atoms with Gasteiger partial charge in [-0.25, -0.2) is 0 Å². The lowest BCUT2D eigenvalue weighted by Gasteiger charge is -2.28. The van der Waals surface area contributed by atoms with E-state index >= 15 is 0 Å². The van der Waals surface area contributed by atoms with Gasteiger partial charge in [-0.2, -0.15) is 0 Å². The maximum atomic E-state index is 12.9. The highest BCUT2D eigenvalue weighted by Gasteiger charge is 2.26. The molecule has 2 aromatic carbocycles. The number of carbonyl (C=O) groups excluding carboxylic acids is 2. The van der Waals surface area contributed by atoms with Crippen LogP contribution in [0.5, 0.6) is 5.75 Å². The molecule has 2 amide bonds. The molecule has 28 heavy (non-hydrogen) atoms. The summed E-state index contributed by atoms with van der Waals surface area (Å²) in [6.45, 7) is 4.37. The van der Waals surface area contributed by atoms with Gasteiger partial charge in [-0.05, 0) is 43.2 Å². The fraction of sp³-hybridized carbons (Fsp3) is 0.333. The Morgan fingerprint density at radius 3 is 2.50 bits per heavy atom. The number of ether oxygens (including phenoxy) is 1. The third kappa shape index (κ3) is 6.53. The van der Waals surface area contributed by atoms with Crippen molar-refractivity contribution in [2.75, 3.05) is 13.2 Å². The van der Waals surface area contributed by atoms with Crippen LogP contribution in [0.4, 0.5) is 0 Å². The van der Waals surface area contributed by atoms with Crippen LogP contribution in [-0.2, 0) is 16.1 Å². The standard InChI is InChI=1S/C21H24BrClN2O3/c1-3-12-24-21(27)15(2)25(13-16-8-10-17(22)11-9-16)20(26)14-28-19-7-5-4-6-18(19)23/h4-11,15H,3,12-14H2,1-2H3,(H,24,27). The minimum absolute atomic E-state index is 0.190. The molecule has 2 rings (SSSR count). The lowest BCUT2D eigenvalue weighted by Crippen LogP contribution is -2.49. The topological polar surface area (TPSA) is 58.6 Å². The second-order valence-corrected chi connectivity index (χ2v) is 7.66. The Bertz CT molecular complexity index is 798. The summed E-state index contributed by atoms with van der Waals surface area (Å²) in [5.41, 5.74) is 0.921. The van der Waals surface area contributed by atoms with Gasteiger partial charge in [-0.1, -0.05) is 58.7 Å². The normalized spacial score (nSPS) is 11.6. The van der Waals surface area contributed by atoms with Crippen LogP contribution in [-0.4, -0.2) is 35.9 Å². The number of para-hydroxylation sites is 1. The number of halogens is 2. The first kappa shape index (κ1) is 22.2. The number of nitrogens with zero attached hydrogens (tertiary/aromatic N) is 1. The van der Waals surface area contributed by atoms with Crippen molar-refractivity contribution in [3.05, 3.63) is 63.6 Å². The molecule has 0 saturated heterocycles. The highest BCUT2D eigenvalue weighted by molar-refractivity contribution is 9.10. The smallest absolute Gasteiger partial charge is 0.261 e. The van der Waals surface area contributed by atoms with Crippen molar-refractivity contribution in [3.63, 3.8) is 0 Å². The summed E-state index contributed by atoms with van der Waals surface area (Å²) in [4.78, 5) is 26.9. The molecular weight excluding hydrogens is 444 g/mol. The Balaban J connectivity index is 2.13. The zero-order valence-corrected chi connectivity index (χ0v) is 18.3. The Kier molecular flexibility index (Phi) is 8.80. The van der Waals surface area contributed by atoms with Crippen molar-refractivity contribution in [3.8, 4) is 5.75 Å². The Labute approximate surface area is 179 Å². The summed E-state index contributed by atoms with van der Waals surface area (Å²) >= 11 is 9.49. The molecule has 7 heteroatoms. The number of amides is 2. The van der Waals surface area contributed by atoms with Gasteiger partial charge in [0.2, 0.25) is 5.91 Å². The number of benzene rings is 2. The minimum atomic E-state index is -0.627. The summed E-state index contributed by atoms with van der Waals surface area (Å²) in [5.74, 6) is -0.0451. The lowest BCUT2D eigenvalue weighted by atomic mass is 10.1. The van der Waals surface area contributed by atoms with Crippen LogP contribution < -0.4 is 10.1 Å². The Hall–Kier alpha value is -2.05. The van der Waals surface area contributed by atoms with Gasteiger partial charge >= 0.3 is 0 Å². The fourth-order valence-electron chi connectivity index (χ4n) is 2.55.